The summed E-state index contributed by atoms with van der Waals surface area (Å²) in [5.41, 5.74) is 1.97. The van der Waals surface area contributed by atoms with E-state index in [1.54, 1.807) is 30.0 Å². The molecule has 1 aromatic rings. The van der Waals surface area contributed by atoms with E-state index >= 15 is 0 Å². The SMILES string of the molecule is C=C1C(Br)=C[C-]=C(c2ccc(OCSC)cc2F)N1CC.[Y]. The average molecular weight is 458 g/mol. The van der Waals surface area contributed by atoms with Gasteiger partial charge in [0.2, 0.25) is 0 Å². The molecule has 0 aliphatic carbocycles. The maximum Gasteiger partial charge on any atom is 0.133 e. The van der Waals surface area contributed by atoms with Crippen LogP contribution in [0.25, 0.3) is 5.70 Å². The van der Waals surface area contributed by atoms with E-state index in [1.807, 2.05) is 18.1 Å². The van der Waals surface area contributed by atoms with Crippen molar-refractivity contribution in [3.05, 3.63) is 58.5 Å². The van der Waals surface area contributed by atoms with Gasteiger partial charge in [-0.25, -0.2) is 4.39 Å². The molecule has 0 aromatic heterocycles. The summed E-state index contributed by atoms with van der Waals surface area (Å²) in [7, 11) is 0. The third-order valence-electron chi connectivity index (χ3n) is 3.06. The van der Waals surface area contributed by atoms with E-state index < -0.39 is 0 Å². The van der Waals surface area contributed by atoms with Crippen LogP contribution in [0, 0.1) is 11.9 Å². The van der Waals surface area contributed by atoms with Gasteiger partial charge in [-0.1, -0.05) is 22.3 Å². The molecule has 6 heteroatoms. The minimum Gasteiger partial charge on any atom is -0.483 e. The number of halogens is 2. The number of nitrogens with zero attached hydrogens (tertiary/aromatic N) is 1. The summed E-state index contributed by atoms with van der Waals surface area (Å²) in [6.07, 6.45) is 6.81. The topological polar surface area (TPSA) is 12.5 Å². The molecule has 1 radical (unpaired) electrons. The molecular weight excluding hydrogens is 442 g/mol. The van der Waals surface area contributed by atoms with Gasteiger partial charge in [0.15, 0.2) is 0 Å². The number of benzene rings is 1. The molecule has 2 rings (SSSR count). The maximum absolute atomic E-state index is 14.4. The van der Waals surface area contributed by atoms with Gasteiger partial charge in [0.1, 0.15) is 11.7 Å². The van der Waals surface area contributed by atoms with E-state index in [1.165, 1.54) is 6.07 Å². The molecule has 0 saturated heterocycles. The number of allylic oxidation sites excluding steroid dienone is 3. The summed E-state index contributed by atoms with van der Waals surface area (Å²) in [6.45, 7) is 6.69. The number of likely N-dealkylation sites (N-methyl/N-ethyl adjacent to an activating group) is 1. The van der Waals surface area contributed by atoms with Crippen LogP contribution in [0.2, 0.25) is 0 Å². The Morgan fingerprint density at radius 2 is 2.18 bits per heavy atom. The second-order valence-corrected chi connectivity index (χ2v) is 6.04. The quantitative estimate of drug-likeness (QED) is 0.465. The smallest absolute Gasteiger partial charge is 0.133 e. The second kappa shape index (κ2) is 9.26. The predicted octanol–water partition coefficient (Wildman–Crippen LogP) is 4.79. The molecular formula is C16H16BrFNOSY-. The first-order valence-electron chi connectivity index (χ1n) is 6.46. The minimum atomic E-state index is -0.325. The molecule has 0 fully saturated rings. The van der Waals surface area contributed by atoms with Crippen LogP contribution in [0.15, 0.2) is 41.0 Å². The van der Waals surface area contributed by atoms with Gasteiger partial charge in [-0.15, -0.1) is 33.8 Å². The molecule has 0 bridgehead atoms. The van der Waals surface area contributed by atoms with E-state index in [0.29, 0.717) is 29.5 Å². The van der Waals surface area contributed by atoms with Gasteiger partial charge in [0.25, 0.3) is 0 Å². The molecule has 1 heterocycles. The summed E-state index contributed by atoms with van der Waals surface area (Å²) in [6, 6.07) is 4.90. The molecule has 0 spiro atoms. The van der Waals surface area contributed by atoms with Crippen LogP contribution >= 0.6 is 27.7 Å². The van der Waals surface area contributed by atoms with Crippen molar-refractivity contribution in [2.75, 3.05) is 18.7 Å². The van der Waals surface area contributed by atoms with Gasteiger partial charge >= 0.3 is 0 Å². The van der Waals surface area contributed by atoms with Crippen molar-refractivity contribution in [2.24, 2.45) is 0 Å². The Morgan fingerprint density at radius 3 is 2.77 bits per heavy atom. The van der Waals surface area contributed by atoms with Gasteiger partial charge in [-0.05, 0) is 24.9 Å². The molecule has 0 saturated carbocycles. The Bertz CT molecular complexity index is 618. The normalized spacial score (nSPS) is 14.2. The predicted molar refractivity (Wildman–Crippen MR) is 90.6 cm³/mol. The Morgan fingerprint density at radius 1 is 1.45 bits per heavy atom. The van der Waals surface area contributed by atoms with Crippen molar-refractivity contribution in [2.45, 2.75) is 6.92 Å². The first-order valence-corrected chi connectivity index (χ1v) is 8.64. The third-order valence-corrected chi connectivity index (χ3v) is 4.10. The van der Waals surface area contributed by atoms with Gasteiger partial charge in [0.05, 0.1) is 5.82 Å². The Kier molecular flexibility index (Phi) is 8.40. The number of ether oxygens (including phenoxy) is 1. The van der Waals surface area contributed by atoms with Crippen molar-refractivity contribution in [1.29, 1.82) is 0 Å². The summed E-state index contributed by atoms with van der Waals surface area (Å²) in [5, 5.41) is 0. The van der Waals surface area contributed by atoms with Gasteiger partial charge < -0.3 is 9.64 Å². The molecule has 1 aliphatic heterocycles. The fourth-order valence-corrected chi connectivity index (χ4v) is 2.62. The Hall–Kier alpha value is -0.0961. The Labute approximate surface area is 168 Å². The molecule has 1 aliphatic rings. The van der Waals surface area contributed by atoms with Crippen molar-refractivity contribution in [3.8, 4) is 5.75 Å². The van der Waals surface area contributed by atoms with Crippen LogP contribution in [0.3, 0.4) is 0 Å². The number of hydrogen-bond donors (Lipinski definition) is 0. The van der Waals surface area contributed by atoms with E-state index in [-0.39, 0.29) is 38.5 Å². The summed E-state index contributed by atoms with van der Waals surface area (Å²) >= 11 is 4.97. The zero-order chi connectivity index (χ0) is 15.4. The van der Waals surface area contributed by atoms with Gasteiger partial charge in [0, 0.05) is 45.3 Å². The summed E-state index contributed by atoms with van der Waals surface area (Å²) in [4.78, 5) is 1.92. The fourth-order valence-electron chi connectivity index (χ4n) is 2.03. The van der Waals surface area contributed by atoms with Gasteiger partial charge in [-0.2, -0.15) is 12.2 Å². The average Bonchev–Trinajstić information content (AvgIpc) is 2.48. The first kappa shape index (κ1) is 19.9. The molecule has 0 N–H and O–H groups in total. The Balaban J connectivity index is 0.00000242. The zero-order valence-electron chi connectivity index (χ0n) is 12.5. The van der Waals surface area contributed by atoms with Crippen molar-refractivity contribution >= 4 is 33.4 Å². The maximum atomic E-state index is 14.4. The minimum absolute atomic E-state index is 0. The molecule has 1 aromatic carbocycles. The molecule has 0 unspecified atom stereocenters. The second-order valence-electron chi connectivity index (χ2n) is 4.37. The summed E-state index contributed by atoms with van der Waals surface area (Å²) in [5.74, 6) is 0.704. The summed E-state index contributed by atoms with van der Waals surface area (Å²) < 4.78 is 20.6. The molecule has 22 heavy (non-hydrogen) atoms. The molecule has 0 amide bonds. The number of thioether (sulfide) groups is 1. The van der Waals surface area contributed by atoms with E-state index in [9.17, 15) is 4.39 Å². The molecule has 2 nitrogen and oxygen atoms in total. The van der Waals surface area contributed by atoms with Crippen molar-refractivity contribution in [3.63, 3.8) is 0 Å². The van der Waals surface area contributed by atoms with Crippen molar-refractivity contribution < 1.29 is 41.8 Å². The first-order chi connectivity index (χ1) is 10.1. The third kappa shape index (κ3) is 4.47. The number of rotatable bonds is 5. The van der Waals surface area contributed by atoms with Crippen LogP contribution in [-0.2, 0) is 32.7 Å². The van der Waals surface area contributed by atoms with E-state index in [0.717, 1.165) is 10.2 Å². The van der Waals surface area contributed by atoms with Gasteiger partial charge in [-0.3, -0.25) is 0 Å². The van der Waals surface area contributed by atoms with Crippen LogP contribution in [0.1, 0.15) is 12.5 Å². The zero-order valence-corrected chi connectivity index (χ0v) is 17.8. The standard InChI is InChI=1S/C16H16BrFNOS.Y/c1-4-19-11(2)14(17)7-8-16(19)13-6-5-12(9-15(13)18)20-10-21-3;/h5-7,9H,2,4,10H2,1,3H3;/q-1;. The molecule has 0 atom stereocenters. The monoisotopic (exact) mass is 457 g/mol. The van der Waals surface area contributed by atoms with E-state index in [4.69, 9.17) is 4.74 Å². The number of hydrogen-bond acceptors (Lipinski definition) is 3. The van der Waals surface area contributed by atoms with Crippen LogP contribution < -0.4 is 4.74 Å². The molecule has 115 valence electrons. The van der Waals surface area contributed by atoms with Crippen LogP contribution in [-0.4, -0.2) is 23.6 Å². The van der Waals surface area contributed by atoms with Crippen LogP contribution in [0.5, 0.6) is 5.75 Å². The fraction of sp³-hybridized carbons (Fsp3) is 0.250. The van der Waals surface area contributed by atoms with Crippen molar-refractivity contribution in [1.82, 2.24) is 4.90 Å². The largest absolute Gasteiger partial charge is 0.483 e. The van der Waals surface area contributed by atoms with E-state index in [2.05, 4.69) is 28.6 Å². The van der Waals surface area contributed by atoms with Crippen LogP contribution in [0.4, 0.5) is 4.39 Å².